The smallest absolute Gasteiger partial charge is 0.243 e. The van der Waals surface area contributed by atoms with Gasteiger partial charge in [-0.1, -0.05) is 19.9 Å². The van der Waals surface area contributed by atoms with Gasteiger partial charge in [0.1, 0.15) is 11.5 Å². The first-order valence-corrected chi connectivity index (χ1v) is 9.37. The maximum absolute atomic E-state index is 12.6. The lowest BCUT2D eigenvalue weighted by Gasteiger charge is -2.18. The minimum atomic E-state index is -3.54. The number of sulfonamides is 1. The van der Waals surface area contributed by atoms with Crippen LogP contribution in [0.2, 0.25) is 0 Å². The number of aromatic hydroxyl groups is 1. The molecule has 0 aliphatic carbocycles. The molecule has 0 spiro atoms. The number of hydrogen-bond acceptors (Lipinski definition) is 5. The Morgan fingerprint density at radius 2 is 1.88 bits per heavy atom. The van der Waals surface area contributed by atoms with E-state index in [2.05, 4.69) is 4.99 Å². The topological polar surface area (TPSA) is 79.2 Å². The molecule has 134 valence electrons. The second kappa shape index (κ2) is 8.13. The highest BCUT2D eigenvalue weighted by Gasteiger charge is 2.21. The molecule has 1 N–H and O–H groups in total. The molecule has 0 radical (unpaired) electrons. The summed E-state index contributed by atoms with van der Waals surface area (Å²) in [7, 11) is -2.00. The van der Waals surface area contributed by atoms with E-state index in [1.54, 1.807) is 44.2 Å². The predicted molar refractivity (Wildman–Crippen MR) is 98.5 cm³/mol. The third-order valence-corrected chi connectivity index (χ3v) is 5.79. The minimum Gasteiger partial charge on any atom is -0.507 e. The van der Waals surface area contributed by atoms with Gasteiger partial charge >= 0.3 is 0 Å². The van der Waals surface area contributed by atoms with Gasteiger partial charge in [-0.25, -0.2) is 8.42 Å². The van der Waals surface area contributed by atoms with Gasteiger partial charge in [0.25, 0.3) is 0 Å². The summed E-state index contributed by atoms with van der Waals surface area (Å²) < 4.78 is 31.7. The number of methoxy groups -OCH3 is 1. The maximum atomic E-state index is 12.6. The van der Waals surface area contributed by atoms with E-state index in [1.165, 1.54) is 29.8 Å². The summed E-state index contributed by atoms with van der Waals surface area (Å²) in [5.41, 5.74) is 0.965. The average molecular weight is 362 g/mol. The van der Waals surface area contributed by atoms with Crippen LogP contribution in [0.3, 0.4) is 0 Å². The Hall–Kier alpha value is -2.38. The zero-order valence-corrected chi connectivity index (χ0v) is 15.3. The summed E-state index contributed by atoms with van der Waals surface area (Å²) in [6.07, 6.45) is 1.47. The van der Waals surface area contributed by atoms with Crippen molar-refractivity contribution in [2.45, 2.75) is 18.7 Å². The molecule has 25 heavy (non-hydrogen) atoms. The molecule has 0 fully saturated rings. The molecule has 0 saturated heterocycles. The first-order chi connectivity index (χ1) is 11.9. The number of phenolic OH excluding ortho intramolecular Hbond substituents is 1. The molecule has 0 unspecified atom stereocenters. The van der Waals surface area contributed by atoms with Crippen LogP contribution in [0.1, 0.15) is 19.4 Å². The number of phenols is 1. The Bertz CT molecular complexity index is 859. The summed E-state index contributed by atoms with van der Waals surface area (Å²) >= 11 is 0. The number of nitrogens with zero attached hydrogens (tertiary/aromatic N) is 2. The van der Waals surface area contributed by atoms with Crippen LogP contribution in [0.25, 0.3) is 0 Å². The highest BCUT2D eigenvalue weighted by molar-refractivity contribution is 7.89. The van der Waals surface area contributed by atoms with Crippen molar-refractivity contribution < 1.29 is 18.3 Å². The molecule has 0 aliphatic heterocycles. The number of rotatable bonds is 7. The first-order valence-electron chi connectivity index (χ1n) is 7.93. The molecular formula is C18H22N2O4S. The van der Waals surface area contributed by atoms with Gasteiger partial charge in [0.2, 0.25) is 10.0 Å². The van der Waals surface area contributed by atoms with Gasteiger partial charge in [0.05, 0.1) is 17.7 Å². The fourth-order valence-corrected chi connectivity index (χ4v) is 3.84. The van der Waals surface area contributed by atoms with Crippen LogP contribution >= 0.6 is 0 Å². The van der Waals surface area contributed by atoms with Crippen molar-refractivity contribution in [2.24, 2.45) is 4.99 Å². The van der Waals surface area contributed by atoms with Gasteiger partial charge in [-0.2, -0.15) is 4.31 Å². The second-order valence-electron chi connectivity index (χ2n) is 5.27. The van der Waals surface area contributed by atoms with E-state index >= 15 is 0 Å². The van der Waals surface area contributed by atoms with Crippen LogP contribution < -0.4 is 4.74 Å². The van der Waals surface area contributed by atoms with Crippen molar-refractivity contribution in [1.29, 1.82) is 0 Å². The lowest BCUT2D eigenvalue weighted by atomic mass is 10.2. The van der Waals surface area contributed by atoms with E-state index in [1.807, 2.05) is 0 Å². The van der Waals surface area contributed by atoms with Gasteiger partial charge in [0.15, 0.2) is 0 Å². The number of benzene rings is 2. The summed E-state index contributed by atoms with van der Waals surface area (Å²) in [6, 6.07) is 11.2. The number of hydrogen-bond donors (Lipinski definition) is 1. The Kier molecular flexibility index (Phi) is 6.17. The van der Waals surface area contributed by atoms with Crippen LogP contribution in [0, 0.1) is 0 Å². The van der Waals surface area contributed by atoms with Crippen molar-refractivity contribution in [2.75, 3.05) is 20.2 Å². The summed E-state index contributed by atoms with van der Waals surface area (Å²) in [6.45, 7) is 4.41. The SMILES string of the molecule is CCN(CC)S(=O)(=O)c1cccc(N=Cc2cc(OC)ccc2O)c1. The molecule has 7 heteroatoms. The fraction of sp³-hybridized carbons (Fsp3) is 0.278. The van der Waals surface area contributed by atoms with Crippen molar-refractivity contribution in [3.05, 3.63) is 48.0 Å². The van der Waals surface area contributed by atoms with Gasteiger partial charge < -0.3 is 9.84 Å². The van der Waals surface area contributed by atoms with Crippen molar-refractivity contribution >= 4 is 21.9 Å². The predicted octanol–water partition coefficient (Wildman–Crippen LogP) is 3.18. The Labute approximate surface area is 148 Å². The summed E-state index contributed by atoms with van der Waals surface area (Å²) in [4.78, 5) is 4.47. The Morgan fingerprint density at radius 3 is 2.52 bits per heavy atom. The van der Waals surface area contributed by atoms with Gasteiger partial charge in [-0.3, -0.25) is 4.99 Å². The van der Waals surface area contributed by atoms with E-state index in [4.69, 9.17) is 4.74 Å². The van der Waals surface area contributed by atoms with Crippen molar-refractivity contribution in [3.63, 3.8) is 0 Å². The van der Waals surface area contributed by atoms with Crippen LogP contribution in [0.4, 0.5) is 5.69 Å². The molecule has 0 atom stereocenters. The molecule has 0 aromatic heterocycles. The standard InChI is InChI=1S/C18H22N2O4S/c1-4-20(5-2)25(22,23)17-8-6-7-15(12-17)19-13-14-11-16(24-3)9-10-18(14)21/h6-13,21H,4-5H2,1-3H3. The lowest BCUT2D eigenvalue weighted by molar-refractivity contribution is 0.412. The van der Waals surface area contributed by atoms with Crippen LogP contribution in [0.15, 0.2) is 52.4 Å². The molecule has 2 aromatic rings. The maximum Gasteiger partial charge on any atom is 0.243 e. The van der Waals surface area contributed by atoms with Crippen LogP contribution in [-0.2, 0) is 10.0 Å². The third kappa shape index (κ3) is 4.37. The molecule has 2 rings (SSSR count). The lowest BCUT2D eigenvalue weighted by Crippen LogP contribution is -2.30. The zero-order valence-electron chi connectivity index (χ0n) is 14.5. The van der Waals surface area contributed by atoms with E-state index < -0.39 is 10.0 Å². The van der Waals surface area contributed by atoms with Crippen LogP contribution in [0.5, 0.6) is 11.5 Å². The van der Waals surface area contributed by atoms with Crippen molar-refractivity contribution in [3.8, 4) is 11.5 Å². The highest BCUT2D eigenvalue weighted by atomic mass is 32.2. The molecule has 0 aliphatic rings. The molecule has 0 amide bonds. The third-order valence-electron chi connectivity index (χ3n) is 3.75. The number of ether oxygens (including phenoxy) is 1. The first kappa shape index (κ1) is 19.0. The molecule has 2 aromatic carbocycles. The van der Waals surface area contributed by atoms with E-state index in [9.17, 15) is 13.5 Å². The van der Waals surface area contributed by atoms with Crippen molar-refractivity contribution in [1.82, 2.24) is 4.31 Å². The van der Waals surface area contributed by atoms with E-state index in [0.717, 1.165) is 0 Å². The van der Waals surface area contributed by atoms with Gasteiger partial charge in [0, 0.05) is 24.9 Å². The normalized spacial score (nSPS) is 12.0. The monoisotopic (exact) mass is 362 g/mol. The zero-order chi connectivity index (χ0) is 18.4. The molecule has 6 nitrogen and oxygen atoms in total. The fourth-order valence-electron chi connectivity index (χ4n) is 2.34. The summed E-state index contributed by atoms with van der Waals surface area (Å²) in [5.74, 6) is 0.661. The minimum absolute atomic E-state index is 0.0662. The molecule has 0 heterocycles. The van der Waals surface area contributed by atoms with Gasteiger partial charge in [-0.15, -0.1) is 0 Å². The second-order valence-corrected chi connectivity index (χ2v) is 7.21. The largest absolute Gasteiger partial charge is 0.507 e. The van der Waals surface area contributed by atoms with Crippen LogP contribution in [-0.4, -0.2) is 44.2 Å². The Balaban J connectivity index is 2.34. The quantitative estimate of drug-likeness (QED) is 0.767. The highest BCUT2D eigenvalue weighted by Crippen LogP contribution is 2.24. The molecule has 0 saturated carbocycles. The molecular weight excluding hydrogens is 340 g/mol. The van der Waals surface area contributed by atoms with E-state index in [-0.39, 0.29) is 10.6 Å². The van der Waals surface area contributed by atoms with E-state index in [0.29, 0.717) is 30.1 Å². The molecule has 0 bridgehead atoms. The summed E-state index contributed by atoms with van der Waals surface area (Å²) in [5, 5.41) is 9.88. The van der Waals surface area contributed by atoms with Gasteiger partial charge in [-0.05, 0) is 36.4 Å². The number of aliphatic imine (C=N–C) groups is 1. The average Bonchev–Trinajstić information content (AvgIpc) is 2.62. The Morgan fingerprint density at radius 1 is 1.16 bits per heavy atom.